The molecule has 0 aliphatic heterocycles. The Morgan fingerprint density at radius 2 is 1.82 bits per heavy atom. The largest absolute Gasteiger partial charge is 0.329 e. The summed E-state index contributed by atoms with van der Waals surface area (Å²) in [7, 11) is 0. The molecule has 6 heteroatoms. The molecule has 22 heavy (non-hydrogen) atoms. The fraction of sp³-hybridized carbons (Fsp3) is 0.500. The Bertz CT molecular complexity index is 547. The van der Waals surface area contributed by atoms with Gasteiger partial charge in [-0.15, -0.1) is 17.5 Å². The minimum atomic E-state index is -0.0383. The standard InChI is InChI=1S/C16H25N5.ClH/c1-16(2,3)21-13-15(18-19-21)12-20(10-9-17)11-14-7-5-4-6-8-14;/h4-8,13H,9-12,17H2,1-3H3;1H. The molecular weight excluding hydrogens is 298 g/mol. The van der Waals surface area contributed by atoms with E-state index in [0.717, 1.165) is 25.3 Å². The van der Waals surface area contributed by atoms with Gasteiger partial charge in [0.05, 0.1) is 17.4 Å². The first-order valence-corrected chi connectivity index (χ1v) is 7.37. The average molecular weight is 324 g/mol. The van der Waals surface area contributed by atoms with Gasteiger partial charge in [-0.3, -0.25) is 4.90 Å². The van der Waals surface area contributed by atoms with Crippen molar-refractivity contribution in [3.63, 3.8) is 0 Å². The Morgan fingerprint density at radius 1 is 1.14 bits per heavy atom. The molecule has 0 atom stereocenters. The number of benzene rings is 1. The number of hydrogen-bond acceptors (Lipinski definition) is 4. The predicted octanol–water partition coefficient (Wildman–Crippen LogP) is 2.42. The molecule has 2 N–H and O–H groups in total. The zero-order valence-electron chi connectivity index (χ0n) is 13.6. The number of hydrogen-bond donors (Lipinski definition) is 1. The summed E-state index contributed by atoms with van der Waals surface area (Å²) in [6.07, 6.45) is 2.02. The highest BCUT2D eigenvalue weighted by molar-refractivity contribution is 5.85. The molecule has 0 unspecified atom stereocenters. The zero-order valence-corrected chi connectivity index (χ0v) is 14.4. The van der Waals surface area contributed by atoms with Crippen LogP contribution in [0.4, 0.5) is 0 Å². The second-order valence-corrected chi connectivity index (χ2v) is 6.31. The number of rotatable bonds is 6. The molecule has 0 saturated heterocycles. The summed E-state index contributed by atoms with van der Waals surface area (Å²) in [5.74, 6) is 0. The van der Waals surface area contributed by atoms with E-state index in [4.69, 9.17) is 5.73 Å². The van der Waals surface area contributed by atoms with E-state index >= 15 is 0 Å². The average Bonchev–Trinajstić information content (AvgIpc) is 2.89. The van der Waals surface area contributed by atoms with Crippen LogP contribution in [0.2, 0.25) is 0 Å². The second kappa shape index (κ2) is 8.27. The van der Waals surface area contributed by atoms with Crippen LogP contribution in [0, 0.1) is 0 Å². The van der Waals surface area contributed by atoms with Crippen LogP contribution in [0.5, 0.6) is 0 Å². The van der Waals surface area contributed by atoms with E-state index in [0.29, 0.717) is 6.54 Å². The van der Waals surface area contributed by atoms with Crippen molar-refractivity contribution in [3.8, 4) is 0 Å². The maximum absolute atomic E-state index is 5.73. The van der Waals surface area contributed by atoms with Crippen molar-refractivity contribution in [2.24, 2.45) is 5.73 Å². The fourth-order valence-electron chi connectivity index (χ4n) is 2.17. The summed E-state index contributed by atoms with van der Waals surface area (Å²) < 4.78 is 1.91. The van der Waals surface area contributed by atoms with Crippen LogP contribution >= 0.6 is 12.4 Å². The summed E-state index contributed by atoms with van der Waals surface area (Å²) >= 11 is 0. The number of aromatic nitrogens is 3. The maximum atomic E-state index is 5.73. The third-order valence-corrected chi connectivity index (χ3v) is 3.31. The first-order chi connectivity index (χ1) is 9.99. The van der Waals surface area contributed by atoms with E-state index in [1.165, 1.54) is 5.56 Å². The molecule has 0 saturated carbocycles. The number of nitrogens with two attached hydrogens (primary N) is 1. The van der Waals surface area contributed by atoms with Gasteiger partial charge in [0.15, 0.2) is 0 Å². The highest BCUT2D eigenvalue weighted by atomic mass is 35.5. The third-order valence-electron chi connectivity index (χ3n) is 3.31. The van der Waals surface area contributed by atoms with Crippen LogP contribution in [0.15, 0.2) is 36.5 Å². The number of nitrogens with zero attached hydrogens (tertiary/aromatic N) is 4. The van der Waals surface area contributed by atoms with Gasteiger partial charge in [-0.2, -0.15) is 0 Å². The molecular formula is C16H26ClN5. The molecule has 0 aliphatic rings. The van der Waals surface area contributed by atoms with Crippen molar-refractivity contribution in [2.75, 3.05) is 13.1 Å². The molecule has 2 rings (SSSR count). The Kier molecular flexibility index (Phi) is 7.00. The van der Waals surface area contributed by atoms with Gasteiger partial charge in [-0.25, -0.2) is 4.68 Å². The quantitative estimate of drug-likeness (QED) is 0.887. The van der Waals surface area contributed by atoms with Crippen molar-refractivity contribution in [2.45, 2.75) is 39.4 Å². The Hall–Kier alpha value is -1.43. The van der Waals surface area contributed by atoms with Crippen LogP contribution < -0.4 is 5.73 Å². The molecule has 0 bridgehead atoms. The van der Waals surface area contributed by atoms with E-state index in [9.17, 15) is 0 Å². The van der Waals surface area contributed by atoms with Crippen LogP contribution in [0.3, 0.4) is 0 Å². The summed E-state index contributed by atoms with van der Waals surface area (Å²) in [5.41, 5.74) is 7.96. The molecule has 0 aliphatic carbocycles. The third kappa shape index (κ3) is 5.40. The number of halogens is 1. The van der Waals surface area contributed by atoms with Gasteiger partial charge in [-0.1, -0.05) is 35.5 Å². The first-order valence-electron chi connectivity index (χ1n) is 7.37. The van der Waals surface area contributed by atoms with Crippen molar-refractivity contribution in [3.05, 3.63) is 47.8 Å². The lowest BCUT2D eigenvalue weighted by atomic mass is 10.1. The highest BCUT2D eigenvalue weighted by Gasteiger charge is 2.16. The lowest BCUT2D eigenvalue weighted by molar-refractivity contribution is 0.261. The van der Waals surface area contributed by atoms with E-state index in [1.807, 2.05) is 16.9 Å². The van der Waals surface area contributed by atoms with Crippen LogP contribution in [-0.4, -0.2) is 33.0 Å². The van der Waals surface area contributed by atoms with Gasteiger partial charge < -0.3 is 5.73 Å². The molecule has 1 aromatic heterocycles. The SMILES string of the molecule is CC(C)(C)n1cc(CN(CCN)Cc2ccccc2)nn1.Cl. The maximum Gasteiger partial charge on any atom is 0.0967 e. The van der Waals surface area contributed by atoms with Crippen molar-refractivity contribution >= 4 is 12.4 Å². The van der Waals surface area contributed by atoms with E-state index < -0.39 is 0 Å². The summed E-state index contributed by atoms with van der Waals surface area (Å²) in [6, 6.07) is 10.4. The normalized spacial score (nSPS) is 11.5. The zero-order chi connectivity index (χ0) is 15.3. The summed E-state index contributed by atoms with van der Waals surface area (Å²) in [4.78, 5) is 2.30. The molecule has 2 aromatic rings. The van der Waals surface area contributed by atoms with Crippen molar-refractivity contribution in [1.29, 1.82) is 0 Å². The minimum absolute atomic E-state index is 0. The molecule has 0 spiro atoms. The van der Waals surface area contributed by atoms with Gasteiger partial charge in [0, 0.05) is 26.2 Å². The van der Waals surface area contributed by atoms with E-state index in [-0.39, 0.29) is 17.9 Å². The van der Waals surface area contributed by atoms with Crippen molar-refractivity contribution in [1.82, 2.24) is 19.9 Å². The van der Waals surface area contributed by atoms with Gasteiger partial charge >= 0.3 is 0 Å². The molecule has 1 heterocycles. The van der Waals surface area contributed by atoms with Crippen LogP contribution in [0.1, 0.15) is 32.0 Å². The van der Waals surface area contributed by atoms with Crippen LogP contribution in [-0.2, 0) is 18.6 Å². The lowest BCUT2D eigenvalue weighted by Gasteiger charge is -2.20. The van der Waals surface area contributed by atoms with E-state index in [1.54, 1.807) is 0 Å². The monoisotopic (exact) mass is 323 g/mol. The molecule has 0 amide bonds. The lowest BCUT2D eigenvalue weighted by Crippen LogP contribution is -2.29. The van der Waals surface area contributed by atoms with Gasteiger partial charge in [0.2, 0.25) is 0 Å². The van der Waals surface area contributed by atoms with Gasteiger partial charge in [-0.05, 0) is 26.3 Å². The Labute approximate surface area is 138 Å². The smallest absolute Gasteiger partial charge is 0.0967 e. The molecule has 5 nitrogen and oxygen atoms in total. The Morgan fingerprint density at radius 3 is 2.36 bits per heavy atom. The first kappa shape index (κ1) is 18.6. The predicted molar refractivity (Wildman–Crippen MR) is 91.9 cm³/mol. The van der Waals surface area contributed by atoms with Gasteiger partial charge in [0.1, 0.15) is 0 Å². The Balaban J connectivity index is 0.00000242. The van der Waals surface area contributed by atoms with Crippen LogP contribution in [0.25, 0.3) is 0 Å². The molecule has 1 aromatic carbocycles. The van der Waals surface area contributed by atoms with Crippen molar-refractivity contribution < 1.29 is 0 Å². The summed E-state index contributed by atoms with van der Waals surface area (Å²) in [6.45, 7) is 9.48. The molecule has 0 radical (unpaired) electrons. The van der Waals surface area contributed by atoms with Gasteiger partial charge in [0.25, 0.3) is 0 Å². The second-order valence-electron chi connectivity index (χ2n) is 6.31. The molecule has 122 valence electrons. The van der Waals surface area contributed by atoms with E-state index in [2.05, 4.69) is 60.2 Å². The summed E-state index contributed by atoms with van der Waals surface area (Å²) in [5, 5.41) is 8.49. The molecule has 0 fully saturated rings. The highest BCUT2D eigenvalue weighted by Crippen LogP contribution is 2.13. The topological polar surface area (TPSA) is 60.0 Å². The fourth-order valence-corrected chi connectivity index (χ4v) is 2.17. The minimum Gasteiger partial charge on any atom is -0.329 e.